The van der Waals surface area contributed by atoms with Gasteiger partial charge >= 0.3 is 6.03 Å². The highest BCUT2D eigenvalue weighted by molar-refractivity contribution is 7.66. The Morgan fingerprint density at radius 3 is 2.38 bits per heavy atom. The summed E-state index contributed by atoms with van der Waals surface area (Å²) in [5.74, 6) is 0.235. The van der Waals surface area contributed by atoms with E-state index in [1.54, 1.807) is 0 Å². The average Bonchev–Trinajstić information content (AvgIpc) is 1.96. The highest BCUT2D eigenvalue weighted by atomic mass is 32.2. The third kappa shape index (κ3) is 5.82. The third-order valence-corrected chi connectivity index (χ3v) is 1.04. The molecule has 2 amide bonds. The van der Waals surface area contributed by atoms with E-state index in [4.69, 9.17) is 18.7 Å². The fourth-order valence-corrected chi connectivity index (χ4v) is 0.501. The molecule has 13 heavy (non-hydrogen) atoms. The number of rotatable bonds is 0. The predicted molar refractivity (Wildman–Crippen MR) is 47.1 cm³/mol. The van der Waals surface area contributed by atoms with Gasteiger partial charge in [0.25, 0.3) is 11.0 Å². The standard InChI is InChI=1S/C5H7N3O.H2O3S/c1-3-2-7-5(9)8-4(3)6;1-4(2)3/h1-2H2,(H3,6,7,8,9);4H,(H,1,2,3). The number of hydrogen-bond donors (Lipinski definition) is 4. The molecular weight excluding hydrogens is 198 g/mol. The Morgan fingerprint density at radius 2 is 2.08 bits per heavy atom. The molecule has 1 rings (SSSR count). The normalized spacial score (nSPS) is 15.7. The van der Waals surface area contributed by atoms with E-state index < -0.39 is 11.0 Å². The molecule has 0 aromatic carbocycles. The number of nitrogens with zero attached hydrogens (tertiary/aromatic N) is 1. The van der Waals surface area contributed by atoms with E-state index in [1.165, 1.54) is 0 Å². The number of urea groups is 1. The molecule has 1 aliphatic rings. The Labute approximate surface area is 76.1 Å². The minimum absolute atomic E-state index is 0.235. The van der Waals surface area contributed by atoms with Crippen molar-refractivity contribution >= 4 is 22.9 Å². The Hall–Kier alpha value is -1.41. The molecule has 0 spiro atoms. The maximum atomic E-state index is 10.4. The highest BCUT2D eigenvalue weighted by Crippen LogP contribution is 1.94. The van der Waals surface area contributed by atoms with Crippen LogP contribution in [-0.4, -0.2) is 31.4 Å². The minimum atomic E-state index is -3.12. The zero-order chi connectivity index (χ0) is 10.4. The first-order chi connectivity index (χ1) is 5.93. The lowest BCUT2D eigenvalue weighted by Gasteiger charge is -2.10. The van der Waals surface area contributed by atoms with Crippen LogP contribution in [0.5, 0.6) is 0 Å². The average molecular weight is 207 g/mol. The molecule has 0 saturated carbocycles. The van der Waals surface area contributed by atoms with Gasteiger partial charge in [-0.2, -0.15) is 4.99 Å². The second kappa shape index (κ2) is 5.27. The zero-order valence-electron chi connectivity index (χ0n) is 6.56. The van der Waals surface area contributed by atoms with Crippen molar-refractivity contribution in [3.05, 3.63) is 12.2 Å². The molecule has 0 bridgehead atoms. The second-order valence-electron chi connectivity index (χ2n) is 2.00. The molecule has 0 radical (unpaired) electrons. The summed E-state index contributed by atoms with van der Waals surface area (Å²) >= 11 is 0. The fraction of sp³-hybridized carbons (Fsp3) is 0.200. The number of nitrogens with two attached hydrogens (primary N) is 1. The predicted octanol–water partition coefficient (Wildman–Crippen LogP) is -1.31. The van der Waals surface area contributed by atoms with Gasteiger partial charge in [0.2, 0.25) is 0 Å². The van der Waals surface area contributed by atoms with Crippen molar-refractivity contribution in [2.24, 2.45) is 10.7 Å². The Balaban J connectivity index is 0.000000310. The minimum Gasteiger partial charge on any atom is -0.383 e. The lowest BCUT2D eigenvalue weighted by atomic mass is 10.2. The van der Waals surface area contributed by atoms with E-state index >= 15 is 0 Å². The maximum Gasteiger partial charge on any atom is 0.343 e. The number of hydrogen-bond acceptors (Lipinski definition) is 4. The van der Waals surface area contributed by atoms with Crippen LogP contribution >= 0.6 is 0 Å². The quantitative estimate of drug-likeness (QED) is 0.290. The topological polar surface area (TPSA) is 122 Å². The number of thiol groups is 1. The molecule has 74 valence electrons. The van der Waals surface area contributed by atoms with Crippen molar-refractivity contribution in [2.75, 3.05) is 6.54 Å². The molecule has 0 fully saturated rings. The highest BCUT2D eigenvalue weighted by Gasteiger charge is 2.09. The Kier molecular flexibility index (Phi) is 4.70. The van der Waals surface area contributed by atoms with Gasteiger partial charge in [0.1, 0.15) is 5.84 Å². The fourth-order valence-electron chi connectivity index (χ4n) is 0.501. The molecule has 0 atom stereocenters. The molecule has 8 heteroatoms. The number of aliphatic imine (C=N–C) groups is 1. The molecule has 1 aliphatic heterocycles. The van der Waals surface area contributed by atoms with Gasteiger partial charge < -0.3 is 11.1 Å². The SMILES string of the molecule is C=C1CNC(=O)N=C1N.O=[SH](=O)O. The van der Waals surface area contributed by atoms with Gasteiger partial charge in [0.15, 0.2) is 0 Å². The van der Waals surface area contributed by atoms with Crippen LogP contribution in [-0.2, 0) is 11.0 Å². The van der Waals surface area contributed by atoms with E-state index in [1.807, 2.05) is 0 Å². The second-order valence-corrected chi connectivity index (χ2v) is 2.47. The largest absolute Gasteiger partial charge is 0.383 e. The van der Waals surface area contributed by atoms with Crippen LogP contribution in [0.15, 0.2) is 17.1 Å². The van der Waals surface area contributed by atoms with Crippen molar-refractivity contribution in [1.82, 2.24) is 5.32 Å². The van der Waals surface area contributed by atoms with Gasteiger partial charge in [0, 0.05) is 12.1 Å². The summed E-state index contributed by atoms with van der Waals surface area (Å²) < 4.78 is 24.2. The molecule has 0 unspecified atom stereocenters. The van der Waals surface area contributed by atoms with Crippen LogP contribution in [0.1, 0.15) is 0 Å². The van der Waals surface area contributed by atoms with Crippen molar-refractivity contribution in [1.29, 1.82) is 0 Å². The van der Waals surface area contributed by atoms with Gasteiger partial charge in [-0.3, -0.25) is 4.55 Å². The van der Waals surface area contributed by atoms with Crippen LogP contribution in [0.3, 0.4) is 0 Å². The Morgan fingerprint density at radius 1 is 1.62 bits per heavy atom. The number of carbonyl (C=O) groups is 1. The first-order valence-corrected chi connectivity index (χ1v) is 4.20. The van der Waals surface area contributed by atoms with Gasteiger partial charge in [-0.05, 0) is 0 Å². The van der Waals surface area contributed by atoms with E-state index in [-0.39, 0.29) is 11.9 Å². The molecule has 7 nitrogen and oxygen atoms in total. The van der Waals surface area contributed by atoms with Crippen LogP contribution < -0.4 is 11.1 Å². The van der Waals surface area contributed by atoms with Crippen LogP contribution in [0.25, 0.3) is 0 Å². The number of nitrogens with one attached hydrogen (secondary N) is 1. The van der Waals surface area contributed by atoms with Crippen molar-refractivity contribution in [3.63, 3.8) is 0 Å². The number of carbonyl (C=O) groups excluding carboxylic acids is 1. The number of amides is 2. The molecule has 4 N–H and O–H groups in total. The molecule has 0 aromatic heterocycles. The molecule has 0 aliphatic carbocycles. The van der Waals surface area contributed by atoms with Crippen molar-refractivity contribution in [2.45, 2.75) is 0 Å². The molecule has 1 heterocycles. The molecular formula is C5H9N3O4S. The summed E-state index contributed by atoms with van der Waals surface area (Å²) in [4.78, 5) is 13.8. The first-order valence-electron chi connectivity index (χ1n) is 3.07. The number of amidine groups is 1. The first kappa shape index (κ1) is 11.6. The van der Waals surface area contributed by atoms with Gasteiger partial charge in [0.05, 0.1) is 0 Å². The summed E-state index contributed by atoms with van der Waals surface area (Å²) in [6, 6.07) is -0.389. The Bertz CT molecular complexity index is 312. The molecule has 0 saturated heterocycles. The van der Waals surface area contributed by atoms with Gasteiger partial charge in [-0.15, -0.1) is 0 Å². The summed E-state index contributed by atoms with van der Waals surface area (Å²) in [5.41, 5.74) is 5.92. The third-order valence-electron chi connectivity index (χ3n) is 1.04. The van der Waals surface area contributed by atoms with Gasteiger partial charge in [-0.1, -0.05) is 6.58 Å². The maximum absolute atomic E-state index is 10.4. The summed E-state index contributed by atoms with van der Waals surface area (Å²) in [7, 11) is -3.12. The van der Waals surface area contributed by atoms with Crippen molar-refractivity contribution < 1.29 is 17.8 Å². The van der Waals surface area contributed by atoms with Gasteiger partial charge in [-0.25, -0.2) is 13.2 Å². The van der Waals surface area contributed by atoms with E-state index in [2.05, 4.69) is 16.9 Å². The monoisotopic (exact) mass is 207 g/mol. The molecule has 0 aromatic rings. The summed E-state index contributed by atoms with van der Waals surface area (Å²) in [6.07, 6.45) is 0. The van der Waals surface area contributed by atoms with Crippen LogP contribution in [0, 0.1) is 0 Å². The van der Waals surface area contributed by atoms with E-state index in [0.29, 0.717) is 12.1 Å². The van der Waals surface area contributed by atoms with Crippen LogP contribution in [0.2, 0.25) is 0 Å². The van der Waals surface area contributed by atoms with E-state index in [0.717, 1.165) is 0 Å². The lowest BCUT2D eigenvalue weighted by Crippen LogP contribution is -2.34. The lowest BCUT2D eigenvalue weighted by molar-refractivity contribution is 0.249. The summed E-state index contributed by atoms with van der Waals surface area (Å²) in [6.45, 7) is 3.97. The van der Waals surface area contributed by atoms with Crippen molar-refractivity contribution in [3.8, 4) is 0 Å². The summed E-state index contributed by atoms with van der Waals surface area (Å²) in [5, 5.41) is 2.46. The van der Waals surface area contributed by atoms with Crippen LogP contribution in [0.4, 0.5) is 4.79 Å². The van der Waals surface area contributed by atoms with E-state index in [9.17, 15) is 4.79 Å². The zero-order valence-corrected chi connectivity index (χ0v) is 7.45. The smallest absolute Gasteiger partial charge is 0.343 e.